The normalized spacial score (nSPS) is 17.1. The fourth-order valence-electron chi connectivity index (χ4n) is 5.23. The van der Waals surface area contributed by atoms with Crippen LogP contribution >= 0.6 is 11.6 Å². The molecule has 0 aliphatic carbocycles. The molecule has 1 aliphatic rings. The summed E-state index contributed by atoms with van der Waals surface area (Å²) in [7, 11) is 0. The first-order valence-corrected chi connectivity index (χ1v) is 15.6. The van der Waals surface area contributed by atoms with Gasteiger partial charge in [0.2, 0.25) is 5.90 Å². The molecular formula is C36H35ClN6O4. The molecule has 0 unspecified atom stereocenters. The van der Waals surface area contributed by atoms with E-state index in [9.17, 15) is 10.3 Å². The van der Waals surface area contributed by atoms with Crippen molar-refractivity contribution in [3.05, 3.63) is 147 Å². The molecule has 11 heteroatoms. The molecule has 3 N–H and O–H groups in total. The van der Waals surface area contributed by atoms with Crippen molar-refractivity contribution in [2.75, 3.05) is 19.8 Å². The molecule has 0 radical (unpaired) electrons. The number of aliphatic hydroxyl groups is 1. The van der Waals surface area contributed by atoms with Gasteiger partial charge < -0.3 is 14.6 Å². The van der Waals surface area contributed by atoms with Gasteiger partial charge in [0.15, 0.2) is 11.6 Å². The van der Waals surface area contributed by atoms with Gasteiger partial charge in [0.25, 0.3) is 5.91 Å². The number of nitrogens with zero attached hydrogens (tertiary/aromatic N) is 4. The summed E-state index contributed by atoms with van der Waals surface area (Å²) in [5.41, 5.74) is 17.2. The summed E-state index contributed by atoms with van der Waals surface area (Å²) in [6.45, 7) is 0.839. The molecule has 1 amide bonds. The van der Waals surface area contributed by atoms with Gasteiger partial charge in [0.05, 0.1) is 6.61 Å². The number of carbonyl (C=O) groups is 1. The highest BCUT2D eigenvalue weighted by atomic mass is 35.5. The van der Waals surface area contributed by atoms with E-state index in [-0.39, 0.29) is 18.9 Å². The van der Waals surface area contributed by atoms with Gasteiger partial charge in [-0.3, -0.25) is 10.2 Å². The van der Waals surface area contributed by atoms with Crippen LogP contribution in [0.15, 0.2) is 119 Å². The van der Waals surface area contributed by atoms with Crippen molar-refractivity contribution in [3.8, 4) is 5.75 Å². The Bertz CT molecular complexity index is 1760. The van der Waals surface area contributed by atoms with Gasteiger partial charge in [-0.2, -0.15) is 0 Å². The molecule has 0 bridgehead atoms. The lowest BCUT2D eigenvalue weighted by molar-refractivity contribution is -0.129. The van der Waals surface area contributed by atoms with Gasteiger partial charge >= 0.3 is 0 Å². The molecule has 0 saturated carbocycles. The van der Waals surface area contributed by atoms with Crippen molar-refractivity contribution in [2.45, 2.75) is 30.9 Å². The van der Waals surface area contributed by atoms with E-state index < -0.39 is 17.6 Å². The maximum absolute atomic E-state index is 14.4. The Kier molecular flexibility index (Phi) is 11.6. The summed E-state index contributed by atoms with van der Waals surface area (Å²) in [6.07, 6.45) is 4.16. The minimum Gasteiger partial charge on any atom is -0.494 e. The Morgan fingerprint density at radius 3 is 2.55 bits per heavy atom. The monoisotopic (exact) mass is 650 g/mol. The van der Waals surface area contributed by atoms with Gasteiger partial charge in [-0.1, -0.05) is 102 Å². The summed E-state index contributed by atoms with van der Waals surface area (Å²) in [4.78, 5) is 22.4. The van der Waals surface area contributed by atoms with E-state index in [1.165, 1.54) is 0 Å². The fraction of sp³-hybridized carbons (Fsp3) is 0.222. The second-order valence-electron chi connectivity index (χ2n) is 10.8. The van der Waals surface area contributed by atoms with Crippen LogP contribution in [-0.4, -0.2) is 42.2 Å². The maximum Gasteiger partial charge on any atom is 0.266 e. The van der Waals surface area contributed by atoms with E-state index in [1.54, 1.807) is 48.5 Å². The van der Waals surface area contributed by atoms with Crippen molar-refractivity contribution < 1.29 is 19.4 Å². The molecule has 0 saturated heterocycles. The molecule has 47 heavy (non-hydrogen) atoms. The molecule has 4 aromatic rings. The Labute approximate surface area is 278 Å². The molecule has 0 spiro atoms. The molecule has 2 atom stereocenters. The van der Waals surface area contributed by atoms with Crippen LogP contribution in [0.25, 0.3) is 16.5 Å². The van der Waals surface area contributed by atoms with Gasteiger partial charge in [-0.15, -0.1) is 0 Å². The van der Waals surface area contributed by atoms with E-state index >= 15 is 0 Å². The summed E-state index contributed by atoms with van der Waals surface area (Å²) < 4.78 is 12.2. The number of nitrogens with one attached hydrogen (secondary N) is 2. The lowest BCUT2D eigenvalue weighted by Crippen LogP contribution is -2.52. The third-order valence-electron chi connectivity index (χ3n) is 7.62. The molecular weight excluding hydrogens is 616 g/mol. The summed E-state index contributed by atoms with van der Waals surface area (Å²) >= 11 is 6.33. The number of aliphatic imine (C=N–C) groups is 1. The first kappa shape index (κ1) is 33.2. The summed E-state index contributed by atoms with van der Waals surface area (Å²) in [5, 5.41) is 13.6. The SMILES string of the molecule is [N-]=[N+]=Nc1ccccc1[C@@H]1OC(c2ccc(OCCCO)cc2)=N[C@]1(C/C=C/c1ccccc1)C(=O)NNCCc1ccccc1Cl. The average molecular weight is 651 g/mol. The topological polar surface area (TPSA) is 141 Å². The highest BCUT2D eigenvalue weighted by Gasteiger charge is 2.53. The fourth-order valence-corrected chi connectivity index (χ4v) is 5.46. The predicted molar refractivity (Wildman–Crippen MR) is 183 cm³/mol. The Balaban J connectivity index is 1.50. The number of amides is 1. The van der Waals surface area contributed by atoms with Crippen molar-refractivity contribution in [1.29, 1.82) is 0 Å². The number of benzene rings is 4. The number of hydrogen-bond acceptors (Lipinski definition) is 7. The maximum atomic E-state index is 14.4. The molecule has 1 aliphatic heterocycles. The first-order chi connectivity index (χ1) is 23.0. The van der Waals surface area contributed by atoms with Crippen LogP contribution in [0.4, 0.5) is 5.69 Å². The third-order valence-corrected chi connectivity index (χ3v) is 7.99. The molecule has 5 rings (SSSR count). The number of azide groups is 1. The molecule has 10 nitrogen and oxygen atoms in total. The van der Waals surface area contributed by atoms with Crippen molar-refractivity contribution in [1.82, 2.24) is 10.9 Å². The predicted octanol–water partition coefficient (Wildman–Crippen LogP) is 7.27. The number of rotatable bonds is 15. The van der Waals surface area contributed by atoms with E-state index in [0.29, 0.717) is 53.6 Å². The number of aliphatic hydroxyl groups excluding tert-OH is 1. The van der Waals surface area contributed by atoms with Crippen LogP contribution in [0.2, 0.25) is 5.02 Å². The highest BCUT2D eigenvalue weighted by Crippen LogP contribution is 2.45. The molecule has 240 valence electrons. The van der Waals surface area contributed by atoms with Crippen LogP contribution in [0.5, 0.6) is 5.75 Å². The van der Waals surface area contributed by atoms with Crippen LogP contribution in [-0.2, 0) is 16.0 Å². The van der Waals surface area contributed by atoms with Gasteiger partial charge in [0.1, 0.15) is 5.75 Å². The van der Waals surface area contributed by atoms with E-state index in [0.717, 1.165) is 11.1 Å². The average Bonchev–Trinajstić information content (AvgIpc) is 3.49. The largest absolute Gasteiger partial charge is 0.494 e. The number of halogens is 1. The molecule has 0 aromatic heterocycles. The molecule has 4 aromatic carbocycles. The number of hydrazine groups is 1. The molecule has 1 heterocycles. The second-order valence-corrected chi connectivity index (χ2v) is 11.2. The second kappa shape index (κ2) is 16.4. The minimum absolute atomic E-state index is 0.0408. The quantitative estimate of drug-likeness (QED) is 0.0408. The smallest absolute Gasteiger partial charge is 0.266 e. The van der Waals surface area contributed by atoms with Crippen LogP contribution in [0.1, 0.15) is 41.2 Å². The standard InChI is InChI=1S/C36H35ClN6O4/c37-31-15-6-4-13-27(31)21-23-39-42-35(45)36(22-8-12-26-10-2-1-3-11-26)33(30-14-5-7-16-32(30)41-43-38)47-34(40-36)28-17-19-29(20-18-28)46-25-9-24-44/h1-8,10-20,33,39,44H,9,21-25H2,(H,42,45)/b12-8+/t33-,36-/m0/s1. The zero-order chi connectivity index (χ0) is 32.9. The third kappa shape index (κ3) is 8.38. The Morgan fingerprint density at radius 2 is 1.79 bits per heavy atom. The van der Waals surface area contributed by atoms with Crippen LogP contribution in [0, 0.1) is 0 Å². The number of ether oxygens (including phenoxy) is 2. The van der Waals surface area contributed by atoms with E-state index in [4.69, 9.17) is 31.2 Å². The molecule has 0 fully saturated rings. The highest BCUT2D eigenvalue weighted by molar-refractivity contribution is 6.31. The zero-order valence-electron chi connectivity index (χ0n) is 25.6. The lowest BCUT2D eigenvalue weighted by atomic mass is 9.83. The van der Waals surface area contributed by atoms with Crippen LogP contribution in [0.3, 0.4) is 0 Å². The van der Waals surface area contributed by atoms with Gasteiger partial charge in [0, 0.05) is 52.7 Å². The first-order valence-electron chi connectivity index (χ1n) is 15.3. The zero-order valence-corrected chi connectivity index (χ0v) is 26.4. The number of carbonyl (C=O) groups excluding carboxylic acids is 1. The summed E-state index contributed by atoms with van der Waals surface area (Å²) in [5.74, 6) is 0.463. The van der Waals surface area contributed by atoms with E-state index in [1.807, 2.05) is 66.7 Å². The van der Waals surface area contributed by atoms with Crippen molar-refractivity contribution >= 4 is 35.2 Å². The lowest BCUT2D eigenvalue weighted by Gasteiger charge is -2.30. The van der Waals surface area contributed by atoms with Crippen molar-refractivity contribution in [3.63, 3.8) is 0 Å². The Hall–Kier alpha value is -5.12. The Morgan fingerprint density at radius 1 is 1.04 bits per heavy atom. The van der Waals surface area contributed by atoms with Crippen LogP contribution < -0.4 is 15.6 Å². The van der Waals surface area contributed by atoms with Crippen molar-refractivity contribution in [2.24, 2.45) is 10.1 Å². The van der Waals surface area contributed by atoms with Gasteiger partial charge in [-0.25, -0.2) is 10.4 Å². The minimum atomic E-state index is -1.49. The number of hydrogen-bond donors (Lipinski definition) is 3. The van der Waals surface area contributed by atoms with E-state index in [2.05, 4.69) is 20.9 Å². The van der Waals surface area contributed by atoms with Gasteiger partial charge in [-0.05, 0) is 53.4 Å². The summed E-state index contributed by atoms with van der Waals surface area (Å²) in [6, 6.07) is 31.5.